The van der Waals surface area contributed by atoms with Crippen molar-refractivity contribution in [3.8, 4) is 0 Å². The third-order valence-corrected chi connectivity index (χ3v) is 18.8. The van der Waals surface area contributed by atoms with E-state index in [1.54, 1.807) is 4.78 Å². The van der Waals surface area contributed by atoms with Gasteiger partial charge in [0.2, 0.25) is 0 Å². The summed E-state index contributed by atoms with van der Waals surface area (Å²) in [6.07, 6.45) is 7.74. The van der Waals surface area contributed by atoms with Crippen LogP contribution in [0.5, 0.6) is 0 Å². The number of nitrogens with zero attached hydrogens (tertiary/aromatic N) is 4. The van der Waals surface area contributed by atoms with E-state index in [2.05, 4.69) is 41.5 Å². The van der Waals surface area contributed by atoms with Crippen LogP contribution >= 0.6 is 8.07 Å². The van der Waals surface area contributed by atoms with Crippen LogP contribution in [0.3, 0.4) is 0 Å². The molecule has 8 heteroatoms. The van der Waals surface area contributed by atoms with Gasteiger partial charge in [0.1, 0.15) is 19.3 Å². The molecule has 0 saturated heterocycles. The smallest absolute Gasteiger partial charge is 0.277 e. The zero-order chi connectivity index (χ0) is 27.7. The molecular formula is C31H45N4O2PSi. The van der Waals surface area contributed by atoms with Gasteiger partial charge in [-0.25, -0.2) is 0 Å². The van der Waals surface area contributed by atoms with Crippen molar-refractivity contribution in [2.24, 2.45) is 38.5 Å². The number of azo groups is 1. The highest BCUT2D eigenvalue weighted by Gasteiger charge is 2.59. The van der Waals surface area contributed by atoms with Crippen molar-refractivity contribution in [3.63, 3.8) is 0 Å². The quantitative estimate of drug-likeness (QED) is 0.188. The van der Waals surface area contributed by atoms with Crippen LogP contribution in [0.4, 0.5) is 0 Å². The third kappa shape index (κ3) is 4.29. The van der Waals surface area contributed by atoms with Crippen molar-refractivity contribution in [1.29, 1.82) is 0 Å². The van der Waals surface area contributed by atoms with E-state index in [4.69, 9.17) is 19.8 Å². The van der Waals surface area contributed by atoms with E-state index in [9.17, 15) is 4.79 Å². The van der Waals surface area contributed by atoms with Crippen LogP contribution in [0.2, 0.25) is 16.6 Å². The molecular weight excluding hydrogens is 519 g/mol. The van der Waals surface area contributed by atoms with E-state index in [-0.39, 0.29) is 17.1 Å². The number of benzene rings is 1. The molecule has 4 fully saturated rings. The maximum absolute atomic E-state index is 13.9. The lowest BCUT2D eigenvalue weighted by Crippen LogP contribution is -2.53. The van der Waals surface area contributed by atoms with Crippen molar-refractivity contribution in [1.82, 2.24) is 4.78 Å². The number of hydrogen-bond acceptors (Lipinski definition) is 5. The molecule has 4 aliphatic carbocycles. The molecule has 1 aromatic carbocycles. The first-order chi connectivity index (χ1) is 18.6. The van der Waals surface area contributed by atoms with Crippen LogP contribution in [0.15, 0.2) is 56.9 Å². The van der Waals surface area contributed by atoms with Crippen LogP contribution < -0.4 is 0 Å². The number of rotatable bonds is 7. The lowest BCUT2D eigenvalue weighted by atomic mass is 9.49. The molecule has 0 N–H and O–H groups in total. The first kappa shape index (κ1) is 27.3. The van der Waals surface area contributed by atoms with Crippen LogP contribution in [0, 0.1) is 23.2 Å². The average molecular weight is 565 g/mol. The lowest BCUT2D eigenvalue weighted by molar-refractivity contribution is -0.0498. The molecule has 6 nitrogen and oxygen atoms in total. The molecule has 1 aromatic rings. The van der Waals surface area contributed by atoms with Gasteiger partial charge in [0.05, 0.1) is 5.71 Å². The fraction of sp³-hybridized carbons (Fsp3) is 0.677. The molecule has 4 saturated carbocycles. The fourth-order valence-electron chi connectivity index (χ4n) is 9.32. The Morgan fingerprint density at radius 1 is 0.949 bits per heavy atom. The van der Waals surface area contributed by atoms with Crippen molar-refractivity contribution in [3.05, 3.63) is 47.1 Å². The second-order valence-electron chi connectivity index (χ2n) is 13.9. The molecule has 0 radical (unpaired) electrons. The highest BCUT2D eigenvalue weighted by atomic mass is 31.1. The Balaban J connectivity index is 1.51. The van der Waals surface area contributed by atoms with Gasteiger partial charge in [-0.05, 0) is 92.0 Å². The maximum atomic E-state index is 13.9. The molecule has 0 spiro atoms. The zero-order valence-corrected chi connectivity index (χ0v) is 26.6. The normalized spacial score (nSPS) is 34.4. The number of hydrazone groups is 1. The van der Waals surface area contributed by atoms with Gasteiger partial charge in [0, 0.05) is 11.0 Å². The Morgan fingerprint density at radius 3 is 2.00 bits per heavy atom. The average Bonchev–Trinajstić information content (AvgIpc) is 3.44. The minimum Gasteiger partial charge on any atom is -0.544 e. The Labute approximate surface area is 236 Å². The molecule has 4 bridgehead atoms. The van der Waals surface area contributed by atoms with Gasteiger partial charge in [0.15, 0.2) is 5.78 Å². The summed E-state index contributed by atoms with van der Waals surface area (Å²) in [4.78, 5) is 13.9. The van der Waals surface area contributed by atoms with Gasteiger partial charge in [-0.1, -0.05) is 59.7 Å². The summed E-state index contributed by atoms with van der Waals surface area (Å²) in [7, 11) is -3.48. The number of carbonyl (C=O) groups excluding carboxylic acids is 1. The molecule has 2 atom stereocenters. The first-order valence-electron chi connectivity index (χ1n) is 15.1. The van der Waals surface area contributed by atoms with Crippen molar-refractivity contribution in [2.45, 2.75) is 109 Å². The first-order valence-corrected chi connectivity index (χ1v) is 18.6. The number of carbonyl (C=O) groups is 1. The van der Waals surface area contributed by atoms with Gasteiger partial charge in [-0.3, -0.25) is 4.79 Å². The summed E-state index contributed by atoms with van der Waals surface area (Å²) in [5.74, 6) is 3.27. The minimum atomic E-state index is -2.27. The summed E-state index contributed by atoms with van der Waals surface area (Å²) >= 11 is 0. The highest BCUT2D eigenvalue weighted by Crippen LogP contribution is 2.70. The Kier molecular flexibility index (Phi) is 6.94. The maximum Gasteiger partial charge on any atom is 0.277 e. The van der Waals surface area contributed by atoms with Gasteiger partial charge in [-0.15, -0.1) is 5.11 Å². The highest BCUT2D eigenvalue weighted by molar-refractivity contribution is 7.62. The van der Waals surface area contributed by atoms with Crippen LogP contribution in [-0.2, 0) is 4.43 Å². The fourth-order valence-corrected chi connectivity index (χ4v) is 17.1. The number of hydrogen-bond donors (Lipinski definition) is 0. The van der Waals surface area contributed by atoms with Gasteiger partial charge in [-0.2, -0.15) is 15.0 Å². The van der Waals surface area contributed by atoms with Crippen LogP contribution in [-0.4, -0.2) is 30.5 Å². The van der Waals surface area contributed by atoms with Crippen LogP contribution in [0.1, 0.15) is 97.3 Å². The SMILES string of the molecule is CC1=NN(C(=O)c2ccccc2)P2/C(=C(/O[Si](C(C)C)(C(C)C)C(C)C)C34CC5CC(CC(C5)C3)C4)N=N[C@@H]12. The minimum absolute atomic E-state index is 0.0230. The van der Waals surface area contributed by atoms with E-state index < -0.39 is 16.4 Å². The molecule has 7 rings (SSSR count). The number of allylic oxidation sites excluding steroid dienone is 1. The molecule has 0 aromatic heterocycles. The number of amides is 1. The van der Waals surface area contributed by atoms with Gasteiger partial charge >= 0.3 is 0 Å². The third-order valence-electron chi connectivity index (χ3n) is 10.5. The van der Waals surface area contributed by atoms with Crippen molar-refractivity contribution in [2.75, 3.05) is 0 Å². The predicted octanol–water partition coefficient (Wildman–Crippen LogP) is 9.28. The summed E-state index contributed by atoms with van der Waals surface area (Å²) in [5, 5.41) is 14.6. The zero-order valence-electron chi connectivity index (χ0n) is 24.7. The molecule has 1 amide bonds. The van der Waals surface area contributed by atoms with Gasteiger partial charge < -0.3 is 4.43 Å². The summed E-state index contributed by atoms with van der Waals surface area (Å²) in [6.45, 7) is 16.2. The second kappa shape index (κ2) is 9.90. The topological polar surface area (TPSA) is 66.6 Å². The molecule has 2 aliphatic heterocycles. The Bertz CT molecular complexity index is 1170. The molecule has 1 unspecified atom stereocenters. The summed E-state index contributed by atoms with van der Waals surface area (Å²) in [5.41, 5.74) is 3.92. The van der Waals surface area contributed by atoms with E-state index in [1.165, 1.54) is 38.5 Å². The standard InChI is InChI=1S/C31H45N4O2PSi/c1-19(2)39(20(3)4,21(5)6)37-27(31-16-23-13-24(17-31)15-25(14-23)18-31)29-33-32-28-22(7)34-35(38(28)29)30(36)26-11-9-8-10-12-26/h8-12,19-21,23-25,28H,13-18H2,1-7H3/b29-27+/t23?,24?,25?,28-,31?,38?/m1/s1. The molecule has 2 heterocycles. The lowest BCUT2D eigenvalue weighted by Gasteiger charge is -2.58. The molecule has 210 valence electrons. The number of fused-ring (bicyclic) bond motifs is 1. The Morgan fingerprint density at radius 2 is 1.49 bits per heavy atom. The Hall–Kier alpha value is -1.85. The van der Waals surface area contributed by atoms with Crippen LogP contribution in [0.25, 0.3) is 0 Å². The second-order valence-corrected chi connectivity index (χ2v) is 21.3. The van der Waals surface area contributed by atoms with Gasteiger partial charge in [0.25, 0.3) is 14.2 Å². The molecule has 6 aliphatic rings. The van der Waals surface area contributed by atoms with Crippen molar-refractivity contribution >= 4 is 28.0 Å². The van der Waals surface area contributed by atoms with E-state index in [0.29, 0.717) is 22.2 Å². The summed E-state index contributed by atoms with van der Waals surface area (Å²) < 4.78 is 9.50. The van der Waals surface area contributed by atoms with Crippen molar-refractivity contribution < 1.29 is 9.22 Å². The summed E-state index contributed by atoms with van der Waals surface area (Å²) in [6, 6.07) is 9.55. The molecule has 39 heavy (non-hydrogen) atoms. The predicted molar refractivity (Wildman–Crippen MR) is 161 cm³/mol. The van der Waals surface area contributed by atoms with E-state index >= 15 is 0 Å². The van der Waals surface area contributed by atoms with E-state index in [0.717, 1.165) is 34.7 Å². The monoisotopic (exact) mass is 564 g/mol. The van der Waals surface area contributed by atoms with E-state index in [1.807, 2.05) is 37.3 Å². The largest absolute Gasteiger partial charge is 0.544 e.